The van der Waals surface area contributed by atoms with Gasteiger partial charge in [0.1, 0.15) is 17.7 Å². The average molecular weight is 435 g/mol. The van der Waals surface area contributed by atoms with Crippen molar-refractivity contribution in [3.8, 4) is 17.0 Å². The molecule has 1 aliphatic heterocycles. The van der Waals surface area contributed by atoms with Gasteiger partial charge >= 0.3 is 5.69 Å². The Morgan fingerprint density at radius 2 is 1.75 bits per heavy atom. The van der Waals surface area contributed by atoms with Gasteiger partial charge in [0.2, 0.25) is 0 Å². The summed E-state index contributed by atoms with van der Waals surface area (Å²) in [5, 5.41) is 0.404. The highest BCUT2D eigenvalue weighted by Gasteiger charge is 2.34. The number of rotatable bonds is 3. The van der Waals surface area contributed by atoms with Gasteiger partial charge in [-0.2, -0.15) is 0 Å². The van der Waals surface area contributed by atoms with E-state index in [1.165, 1.54) is 17.7 Å². The van der Waals surface area contributed by atoms with Gasteiger partial charge in [-0.1, -0.05) is 18.2 Å². The van der Waals surface area contributed by atoms with Crippen molar-refractivity contribution >= 4 is 10.9 Å². The Bertz CT molecular complexity index is 1460. The summed E-state index contributed by atoms with van der Waals surface area (Å²) < 4.78 is 30.6. The molecular formula is C24H22FN3O4. The topological polar surface area (TPSA) is 67.4 Å². The van der Waals surface area contributed by atoms with E-state index in [0.717, 1.165) is 10.1 Å². The van der Waals surface area contributed by atoms with Crippen LogP contribution in [0.4, 0.5) is 4.39 Å². The molecule has 164 valence electrons. The first-order valence-electron chi connectivity index (χ1n) is 10.3. The predicted octanol–water partition coefficient (Wildman–Crippen LogP) is 2.97. The van der Waals surface area contributed by atoms with Gasteiger partial charge in [-0.3, -0.25) is 13.9 Å². The molecule has 7 nitrogen and oxygen atoms in total. The third-order valence-corrected chi connectivity index (χ3v) is 6.10. The Kier molecular flexibility index (Phi) is 4.74. The zero-order chi connectivity index (χ0) is 22.6. The number of benzene rings is 2. The molecule has 4 aromatic rings. The van der Waals surface area contributed by atoms with Crippen molar-refractivity contribution in [2.75, 3.05) is 13.7 Å². The standard InChI is InChI=1S/C24H22FN3O4/c1-26-20-18(23(29)27(2)24(26)30)19(14-8-10-15(31-3)11-9-14)28-12-13-32-22(21(20)28)16-6-4-5-7-17(16)25/h4-11,22H,12-13H2,1-3H3/t22-/m1/s1. The SMILES string of the molecule is COc1ccc(-c2c3c(=O)n(C)c(=O)n(C)c3c3n2CCO[C@@H]3c2ccccc2F)cc1. The predicted molar refractivity (Wildman–Crippen MR) is 119 cm³/mol. The van der Waals surface area contributed by atoms with Crippen LogP contribution in [-0.4, -0.2) is 27.4 Å². The summed E-state index contributed by atoms with van der Waals surface area (Å²) in [6.07, 6.45) is -0.753. The fourth-order valence-electron chi connectivity index (χ4n) is 4.55. The molecule has 0 fully saturated rings. The molecule has 32 heavy (non-hydrogen) atoms. The van der Waals surface area contributed by atoms with Crippen LogP contribution in [0.25, 0.3) is 22.2 Å². The van der Waals surface area contributed by atoms with Crippen LogP contribution in [0.2, 0.25) is 0 Å². The summed E-state index contributed by atoms with van der Waals surface area (Å²) in [4.78, 5) is 26.2. The number of halogens is 1. The fourth-order valence-corrected chi connectivity index (χ4v) is 4.55. The lowest BCUT2D eigenvalue weighted by Crippen LogP contribution is -2.37. The van der Waals surface area contributed by atoms with E-state index < -0.39 is 23.2 Å². The minimum Gasteiger partial charge on any atom is -0.497 e. The minimum absolute atomic E-state index is 0.338. The first kappa shape index (κ1) is 20.3. The molecule has 0 radical (unpaired) electrons. The Labute approximate surface area is 182 Å². The summed E-state index contributed by atoms with van der Waals surface area (Å²) in [6, 6.07) is 13.8. The van der Waals surface area contributed by atoms with Gasteiger partial charge in [0, 0.05) is 26.2 Å². The maximum Gasteiger partial charge on any atom is 0.331 e. The average Bonchev–Trinajstić information content (AvgIpc) is 3.17. The molecule has 8 heteroatoms. The second kappa shape index (κ2) is 7.49. The summed E-state index contributed by atoms with van der Waals surface area (Å²) >= 11 is 0. The monoisotopic (exact) mass is 435 g/mol. The van der Waals surface area contributed by atoms with E-state index in [4.69, 9.17) is 9.47 Å². The van der Waals surface area contributed by atoms with Crippen LogP contribution in [0.15, 0.2) is 58.1 Å². The maximum atomic E-state index is 14.8. The molecular weight excluding hydrogens is 413 g/mol. The Balaban J connectivity index is 1.93. The number of fused-ring (bicyclic) bond motifs is 3. The molecule has 2 aromatic heterocycles. The second-order valence-electron chi connectivity index (χ2n) is 7.82. The quantitative estimate of drug-likeness (QED) is 0.496. The molecule has 0 unspecified atom stereocenters. The number of methoxy groups -OCH3 is 1. The van der Waals surface area contributed by atoms with Crippen LogP contribution < -0.4 is 16.0 Å². The third kappa shape index (κ3) is 2.83. The summed E-state index contributed by atoms with van der Waals surface area (Å²) in [6.45, 7) is 0.804. The van der Waals surface area contributed by atoms with Crippen molar-refractivity contribution in [1.29, 1.82) is 0 Å². The van der Waals surface area contributed by atoms with Gasteiger partial charge in [-0.15, -0.1) is 0 Å². The van der Waals surface area contributed by atoms with Crippen molar-refractivity contribution in [3.63, 3.8) is 0 Å². The molecule has 0 saturated heterocycles. The molecule has 3 heterocycles. The molecule has 0 saturated carbocycles. The van der Waals surface area contributed by atoms with Crippen LogP contribution in [0.1, 0.15) is 17.4 Å². The van der Waals surface area contributed by atoms with Gasteiger partial charge in [0.25, 0.3) is 5.56 Å². The lowest BCUT2D eigenvalue weighted by molar-refractivity contribution is 0.0457. The fraction of sp³-hybridized carbons (Fsp3) is 0.250. The van der Waals surface area contributed by atoms with Gasteiger partial charge in [-0.25, -0.2) is 9.18 Å². The number of hydrogen-bond donors (Lipinski definition) is 0. The third-order valence-electron chi connectivity index (χ3n) is 6.10. The minimum atomic E-state index is -0.753. The molecule has 1 atom stereocenters. The van der Waals surface area contributed by atoms with Gasteiger partial charge in [0.05, 0.1) is 36.0 Å². The molecule has 0 amide bonds. The molecule has 0 spiro atoms. The maximum absolute atomic E-state index is 14.8. The molecule has 2 aromatic carbocycles. The highest BCUT2D eigenvalue weighted by molar-refractivity contribution is 5.96. The number of aromatic nitrogens is 3. The Morgan fingerprint density at radius 3 is 2.44 bits per heavy atom. The second-order valence-corrected chi connectivity index (χ2v) is 7.82. The zero-order valence-electron chi connectivity index (χ0n) is 18.0. The smallest absolute Gasteiger partial charge is 0.331 e. The van der Waals surface area contributed by atoms with Gasteiger partial charge in [0.15, 0.2) is 0 Å². The molecule has 0 N–H and O–H groups in total. The molecule has 0 bridgehead atoms. The summed E-state index contributed by atoms with van der Waals surface area (Å²) in [5.41, 5.74) is 2.04. The zero-order valence-corrected chi connectivity index (χ0v) is 18.0. The molecule has 5 rings (SSSR count). The number of aryl methyl sites for hydroxylation is 1. The lowest BCUT2D eigenvalue weighted by Gasteiger charge is -2.28. The van der Waals surface area contributed by atoms with Gasteiger partial charge < -0.3 is 14.0 Å². The lowest BCUT2D eigenvalue weighted by atomic mass is 10.0. The highest BCUT2D eigenvalue weighted by Crippen LogP contribution is 2.41. The van der Waals surface area contributed by atoms with Crippen LogP contribution >= 0.6 is 0 Å². The molecule has 0 aliphatic carbocycles. The highest BCUT2D eigenvalue weighted by atomic mass is 19.1. The van der Waals surface area contributed by atoms with E-state index in [-0.39, 0.29) is 0 Å². The van der Waals surface area contributed by atoms with E-state index in [9.17, 15) is 14.0 Å². The Hall–Kier alpha value is -3.65. The summed E-state index contributed by atoms with van der Waals surface area (Å²) in [7, 11) is 4.67. The van der Waals surface area contributed by atoms with E-state index in [1.807, 2.05) is 28.8 Å². The number of nitrogens with zero attached hydrogens (tertiary/aromatic N) is 3. The van der Waals surface area contributed by atoms with Crippen LogP contribution in [0.5, 0.6) is 5.75 Å². The van der Waals surface area contributed by atoms with Crippen molar-refractivity contribution < 1.29 is 13.9 Å². The van der Waals surface area contributed by atoms with Gasteiger partial charge in [-0.05, 0) is 35.9 Å². The van der Waals surface area contributed by atoms with E-state index in [1.54, 1.807) is 32.4 Å². The van der Waals surface area contributed by atoms with Crippen molar-refractivity contribution in [2.45, 2.75) is 12.6 Å². The Morgan fingerprint density at radius 1 is 1.03 bits per heavy atom. The largest absolute Gasteiger partial charge is 0.497 e. The van der Waals surface area contributed by atoms with Crippen molar-refractivity contribution in [2.24, 2.45) is 14.1 Å². The normalized spacial score (nSPS) is 15.7. The summed E-state index contributed by atoms with van der Waals surface area (Å²) in [5.74, 6) is 0.288. The van der Waals surface area contributed by atoms with Crippen LogP contribution in [0, 0.1) is 5.82 Å². The first-order chi connectivity index (χ1) is 15.4. The van der Waals surface area contributed by atoms with E-state index >= 15 is 0 Å². The van der Waals surface area contributed by atoms with Crippen LogP contribution in [0.3, 0.4) is 0 Å². The number of hydrogen-bond acceptors (Lipinski definition) is 4. The number of ether oxygens (including phenoxy) is 2. The van der Waals surface area contributed by atoms with Crippen molar-refractivity contribution in [1.82, 2.24) is 13.7 Å². The first-order valence-corrected chi connectivity index (χ1v) is 10.3. The molecule has 1 aliphatic rings. The van der Waals surface area contributed by atoms with E-state index in [0.29, 0.717) is 46.8 Å². The van der Waals surface area contributed by atoms with Crippen LogP contribution in [-0.2, 0) is 25.4 Å². The van der Waals surface area contributed by atoms with E-state index in [2.05, 4.69) is 0 Å². The van der Waals surface area contributed by atoms with Crippen molar-refractivity contribution in [3.05, 3.63) is 86.4 Å².